The highest BCUT2D eigenvalue weighted by Crippen LogP contribution is 2.31. The Morgan fingerprint density at radius 3 is 2.32 bits per heavy atom. The lowest BCUT2D eigenvalue weighted by molar-refractivity contribution is -0.138. The molecule has 2 rings (SSSR count). The molecule has 1 atom stereocenters. The van der Waals surface area contributed by atoms with E-state index in [0.717, 1.165) is 38.9 Å². The number of hydrogen-bond donors (Lipinski definition) is 1. The molecule has 0 spiro atoms. The maximum absolute atomic E-state index is 12.9. The minimum Gasteiger partial charge on any atom is -0.375 e. The van der Waals surface area contributed by atoms with Crippen molar-refractivity contribution < 1.29 is 14.3 Å². The fourth-order valence-corrected chi connectivity index (χ4v) is 4.00. The third-order valence-electron chi connectivity index (χ3n) is 5.46. The van der Waals surface area contributed by atoms with Gasteiger partial charge in [0.2, 0.25) is 11.8 Å². The monoisotopic (exact) mass is 353 g/mol. The van der Waals surface area contributed by atoms with E-state index in [2.05, 4.69) is 24.1 Å². The van der Waals surface area contributed by atoms with E-state index in [1.165, 1.54) is 12.8 Å². The molecule has 6 heteroatoms. The molecule has 2 fully saturated rings. The maximum Gasteiger partial charge on any atom is 0.248 e. The van der Waals surface area contributed by atoms with Gasteiger partial charge >= 0.3 is 0 Å². The summed E-state index contributed by atoms with van der Waals surface area (Å²) >= 11 is 0. The van der Waals surface area contributed by atoms with Gasteiger partial charge in [-0.05, 0) is 31.1 Å². The first-order valence-electron chi connectivity index (χ1n) is 9.81. The van der Waals surface area contributed by atoms with Gasteiger partial charge in [0.25, 0.3) is 0 Å². The van der Waals surface area contributed by atoms with Crippen LogP contribution < -0.4 is 5.32 Å². The average molecular weight is 354 g/mol. The van der Waals surface area contributed by atoms with Crippen LogP contribution in [0.25, 0.3) is 0 Å². The number of nitrogens with one attached hydrogen (secondary N) is 1. The Morgan fingerprint density at radius 2 is 1.76 bits per heavy atom. The number of piperazine rings is 1. The highest BCUT2D eigenvalue weighted by Gasteiger charge is 2.37. The molecule has 1 N–H and O–H groups in total. The van der Waals surface area contributed by atoms with Crippen molar-refractivity contribution in [2.45, 2.75) is 52.0 Å². The van der Waals surface area contributed by atoms with Gasteiger partial charge in [-0.2, -0.15) is 0 Å². The summed E-state index contributed by atoms with van der Waals surface area (Å²) in [5.74, 6) is 1.28. The standard InChI is InChI=1S/C19H35N3O3/c1-15(2)8-9-20-19(24)18(16-6-4-5-7-16)22-12-10-21(11-13-22)17(23)14-25-3/h15-16,18H,4-14H2,1-3H3,(H,20,24). The molecule has 1 aliphatic carbocycles. The van der Waals surface area contributed by atoms with Crippen molar-refractivity contribution in [3.05, 3.63) is 0 Å². The van der Waals surface area contributed by atoms with E-state index in [4.69, 9.17) is 4.74 Å². The third kappa shape index (κ3) is 5.96. The highest BCUT2D eigenvalue weighted by atomic mass is 16.5. The van der Waals surface area contributed by atoms with Crippen LogP contribution in [0.1, 0.15) is 46.0 Å². The zero-order valence-corrected chi connectivity index (χ0v) is 16.1. The van der Waals surface area contributed by atoms with Gasteiger partial charge in [0, 0.05) is 39.8 Å². The van der Waals surface area contributed by atoms with Crippen LogP contribution >= 0.6 is 0 Å². The van der Waals surface area contributed by atoms with Gasteiger partial charge in [-0.25, -0.2) is 0 Å². The van der Waals surface area contributed by atoms with Crippen molar-refractivity contribution in [2.24, 2.45) is 11.8 Å². The fourth-order valence-electron chi connectivity index (χ4n) is 4.00. The molecule has 1 saturated heterocycles. The SMILES string of the molecule is COCC(=O)N1CCN(C(C(=O)NCCC(C)C)C2CCCC2)CC1. The highest BCUT2D eigenvalue weighted by molar-refractivity contribution is 5.82. The molecular formula is C19H35N3O3. The summed E-state index contributed by atoms with van der Waals surface area (Å²) in [5, 5.41) is 3.16. The molecule has 0 aromatic carbocycles. The van der Waals surface area contributed by atoms with Crippen molar-refractivity contribution in [3.8, 4) is 0 Å². The zero-order chi connectivity index (χ0) is 18.2. The van der Waals surface area contributed by atoms with Gasteiger partial charge in [-0.15, -0.1) is 0 Å². The first kappa shape index (κ1) is 20.2. The van der Waals surface area contributed by atoms with Crippen molar-refractivity contribution in [1.29, 1.82) is 0 Å². The van der Waals surface area contributed by atoms with Crippen LogP contribution in [0.2, 0.25) is 0 Å². The van der Waals surface area contributed by atoms with E-state index >= 15 is 0 Å². The van der Waals surface area contributed by atoms with Gasteiger partial charge in [-0.3, -0.25) is 14.5 Å². The summed E-state index contributed by atoms with van der Waals surface area (Å²) < 4.78 is 4.95. The second-order valence-electron chi connectivity index (χ2n) is 7.81. The zero-order valence-electron chi connectivity index (χ0n) is 16.1. The first-order valence-corrected chi connectivity index (χ1v) is 9.81. The van der Waals surface area contributed by atoms with Crippen molar-refractivity contribution >= 4 is 11.8 Å². The number of carbonyl (C=O) groups is 2. The summed E-state index contributed by atoms with van der Waals surface area (Å²) in [6.07, 6.45) is 5.76. The van der Waals surface area contributed by atoms with E-state index in [1.807, 2.05) is 4.90 Å². The summed E-state index contributed by atoms with van der Waals surface area (Å²) in [6.45, 7) is 8.17. The molecule has 0 bridgehead atoms. The number of methoxy groups -OCH3 is 1. The Bertz CT molecular complexity index is 428. The summed E-state index contributed by atoms with van der Waals surface area (Å²) in [7, 11) is 1.55. The van der Waals surface area contributed by atoms with E-state index in [0.29, 0.717) is 24.9 Å². The second kappa shape index (κ2) is 10.1. The molecule has 25 heavy (non-hydrogen) atoms. The minimum atomic E-state index is -0.0330. The van der Waals surface area contributed by atoms with Crippen LogP contribution in [-0.2, 0) is 14.3 Å². The van der Waals surface area contributed by atoms with E-state index in [1.54, 1.807) is 7.11 Å². The number of hydrogen-bond acceptors (Lipinski definition) is 4. The topological polar surface area (TPSA) is 61.9 Å². The van der Waals surface area contributed by atoms with Crippen LogP contribution in [0.4, 0.5) is 0 Å². The summed E-state index contributed by atoms with van der Waals surface area (Å²) in [5.41, 5.74) is 0. The number of nitrogens with zero attached hydrogens (tertiary/aromatic N) is 2. The largest absolute Gasteiger partial charge is 0.375 e. The molecule has 0 aromatic heterocycles. The maximum atomic E-state index is 12.9. The molecule has 2 aliphatic rings. The predicted molar refractivity (Wildman–Crippen MR) is 98.2 cm³/mol. The summed E-state index contributed by atoms with van der Waals surface area (Å²) in [6, 6.07) is -0.0330. The Balaban J connectivity index is 1.92. The molecule has 0 aromatic rings. The van der Waals surface area contributed by atoms with Gasteiger partial charge in [0.15, 0.2) is 0 Å². The van der Waals surface area contributed by atoms with Gasteiger partial charge in [0.05, 0.1) is 6.04 Å². The normalized spacial score (nSPS) is 20.9. The quantitative estimate of drug-likeness (QED) is 0.718. The number of ether oxygens (including phenoxy) is 1. The number of rotatable bonds is 8. The first-order chi connectivity index (χ1) is 12.0. The smallest absolute Gasteiger partial charge is 0.248 e. The van der Waals surface area contributed by atoms with Gasteiger partial charge in [0.1, 0.15) is 6.61 Å². The van der Waals surface area contributed by atoms with E-state index in [-0.39, 0.29) is 24.5 Å². The lowest BCUT2D eigenvalue weighted by atomic mass is 9.95. The Kier molecular flexibility index (Phi) is 8.16. The molecule has 1 unspecified atom stereocenters. The molecule has 1 heterocycles. The van der Waals surface area contributed by atoms with Crippen LogP contribution in [0.3, 0.4) is 0 Å². The molecule has 1 aliphatic heterocycles. The lowest BCUT2D eigenvalue weighted by Gasteiger charge is -2.40. The van der Waals surface area contributed by atoms with Gasteiger partial charge < -0.3 is 15.0 Å². The third-order valence-corrected chi connectivity index (χ3v) is 5.46. The minimum absolute atomic E-state index is 0.0330. The second-order valence-corrected chi connectivity index (χ2v) is 7.81. The molecule has 6 nitrogen and oxygen atoms in total. The molecule has 1 saturated carbocycles. The van der Waals surface area contributed by atoms with Crippen LogP contribution in [0.5, 0.6) is 0 Å². The molecule has 0 radical (unpaired) electrons. The Labute approximate surface area is 152 Å². The number of carbonyl (C=O) groups excluding carboxylic acids is 2. The van der Waals surface area contributed by atoms with Crippen LogP contribution in [0.15, 0.2) is 0 Å². The van der Waals surface area contributed by atoms with Crippen LogP contribution in [-0.4, -0.2) is 74.1 Å². The van der Waals surface area contributed by atoms with Crippen molar-refractivity contribution in [1.82, 2.24) is 15.1 Å². The van der Waals surface area contributed by atoms with Gasteiger partial charge in [-0.1, -0.05) is 26.7 Å². The van der Waals surface area contributed by atoms with Crippen molar-refractivity contribution in [2.75, 3.05) is 46.4 Å². The molecule has 144 valence electrons. The Morgan fingerprint density at radius 1 is 1.12 bits per heavy atom. The molecule has 2 amide bonds. The number of amides is 2. The average Bonchev–Trinajstić information content (AvgIpc) is 3.09. The van der Waals surface area contributed by atoms with Crippen molar-refractivity contribution in [3.63, 3.8) is 0 Å². The summed E-state index contributed by atoms with van der Waals surface area (Å²) in [4.78, 5) is 29.0. The molecular weight excluding hydrogens is 318 g/mol. The lowest BCUT2D eigenvalue weighted by Crippen LogP contribution is -2.58. The predicted octanol–water partition coefficient (Wildman–Crippen LogP) is 1.50. The fraction of sp³-hybridized carbons (Fsp3) is 0.895. The van der Waals surface area contributed by atoms with E-state index in [9.17, 15) is 9.59 Å². The Hall–Kier alpha value is -1.14. The van der Waals surface area contributed by atoms with Crippen LogP contribution in [0, 0.1) is 11.8 Å². The van der Waals surface area contributed by atoms with E-state index < -0.39 is 0 Å².